The second kappa shape index (κ2) is 7.10. The third-order valence-corrected chi connectivity index (χ3v) is 3.80. The zero-order chi connectivity index (χ0) is 13.7. The lowest BCUT2D eigenvalue weighted by Crippen LogP contribution is -2.50. The zero-order valence-corrected chi connectivity index (χ0v) is 12.2. The van der Waals surface area contributed by atoms with E-state index in [-0.39, 0.29) is 6.09 Å². The second-order valence-corrected chi connectivity index (χ2v) is 5.77. The number of nitrogens with zero attached hydrogens (tertiary/aromatic N) is 2. The van der Waals surface area contributed by atoms with Gasteiger partial charge in [0.2, 0.25) is 0 Å². The van der Waals surface area contributed by atoms with Gasteiger partial charge in [-0.1, -0.05) is 6.92 Å². The molecule has 1 aliphatic heterocycles. The number of carbonyl (C=O) groups excluding carboxylic acids is 1. The van der Waals surface area contributed by atoms with E-state index in [4.69, 9.17) is 4.74 Å². The topological polar surface area (TPSA) is 44.8 Å². The van der Waals surface area contributed by atoms with Gasteiger partial charge in [-0.3, -0.25) is 4.90 Å². The molecule has 2 aliphatic rings. The first-order valence-electron chi connectivity index (χ1n) is 7.56. The largest absolute Gasteiger partial charge is 0.450 e. The number of ether oxygens (including phenoxy) is 1. The molecule has 0 radical (unpaired) electrons. The van der Waals surface area contributed by atoms with Crippen LogP contribution in [-0.4, -0.2) is 67.8 Å². The van der Waals surface area contributed by atoms with Crippen molar-refractivity contribution in [3.63, 3.8) is 0 Å². The number of hydrogen-bond acceptors (Lipinski definition) is 4. The Morgan fingerprint density at radius 3 is 2.58 bits per heavy atom. The minimum atomic E-state index is -0.161. The molecule has 0 spiro atoms. The fourth-order valence-electron chi connectivity index (χ4n) is 2.49. The van der Waals surface area contributed by atoms with Crippen LogP contribution >= 0.6 is 0 Å². The van der Waals surface area contributed by atoms with E-state index in [1.807, 2.05) is 11.8 Å². The van der Waals surface area contributed by atoms with Crippen LogP contribution in [0.25, 0.3) is 0 Å². The summed E-state index contributed by atoms with van der Waals surface area (Å²) in [5.41, 5.74) is 0. The summed E-state index contributed by atoms with van der Waals surface area (Å²) in [4.78, 5) is 15.9. The van der Waals surface area contributed by atoms with Gasteiger partial charge in [0.05, 0.1) is 6.61 Å². The second-order valence-electron chi connectivity index (χ2n) is 5.77. The molecule has 0 bridgehead atoms. The molecule has 0 aromatic rings. The van der Waals surface area contributed by atoms with E-state index in [9.17, 15) is 4.79 Å². The number of hydrogen-bond donors (Lipinski definition) is 1. The van der Waals surface area contributed by atoms with Crippen LogP contribution in [0.15, 0.2) is 0 Å². The van der Waals surface area contributed by atoms with E-state index in [1.165, 1.54) is 12.8 Å². The first-order valence-corrected chi connectivity index (χ1v) is 7.56. The normalized spacial score (nSPS) is 22.3. The van der Waals surface area contributed by atoms with Crippen molar-refractivity contribution in [1.82, 2.24) is 15.1 Å². The molecule has 2 rings (SSSR count). The summed E-state index contributed by atoms with van der Waals surface area (Å²) in [5, 5.41) is 3.58. The van der Waals surface area contributed by atoms with Crippen LogP contribution < -0.4 is 5.32 Å². The lowest BCUT2D eigenvalue weighted by Gasteiger charge is -2.35. The summed E-state index contributed by atoms with van der Waals surface area (Å²) in [6, 6.07) is 0.795. The van der Waals surface area contributed by atoms with Gasteiger partial charge in [0.1, 0.15) is 0 Å². The molecule has 1 aliphatic carbocycles. The molecule has 1 saturated carbocycles. The highest BCUT2D eigenvalue weighted by Crippen LogP contribution is 2.18. The van der Waals surface area contributed by atoms with Crippen molar-refractivity contribution in [2.75, 3.05) is 45.9 Å². The number of rotatable bonds is 6. The molecule has 1 amide bonds. The van der Waals surface area contributed by atoms with Crippen molar-refractivity contribution in [1.29, 1.82) is 0 Å². The molecular weight excluding hydrogens is 242 g/mol. The van der Waals surface area contributed by atoms with Crippen molar-refractivity contribution < 1.29 is 9.53 Å². The van der Waals surface area contributed by atoms with Crippen molar-refractivity contribution in [2.24, 2.45) is 5.92 Å². The molecule has 110 valence electrons. The van der Waals surface area contributed by atoms with Crippen molar-refractivity contribution in [3.05, 3.63) is 0 Å². The van der Waals surface area contributed by atoms with Crippen molar-refractivity contribution in [3.8, 4) is 0 Å². The molecule has 0 aromatic carbocycles. The first kappa shape index (κ1) is 14.6. The average molecular weight is 269 g/mol. The van der Waals surface area contributed by atoms with Crippen LogP contribution in [0, 0.1) is 5.92 Å². The minimum Gasteiger partial charge on any atom is -0.450 e. The fraction of sp³-hybridized carbons (Fsp3) is 0.929. The van der Waals surface area contributed by atoms with E-state index >= 15 is 0 Å². The predicted molar refractivity (Wildman–Crippen MR) is 75.2 cm³/mol. The maximum absolute atomic E-state index is 11.6. The Hall–Kier alpha value is -0.810. The highest BCUT2D eigenvalue weighted by molar-refractivity contribution is 5.67. The van der Waals surface area contributed by atoms with Gasteiger partial charge >= 0.3 is 6.09 Å². The summed E-state index contributed by atoms with van der Waals surface area (Å²) in [7, 11) is 0. The molecule has 1 atom stereocenters. The molecule has 1 heterocycles. The van der Waals surface area contributed by atoms with E-state index < -0.39 is 0 Å². The lowest BCUT2D eigenvalue weighted by atomic mass is 10.1. The lowest BCUT2D eigenvalue weighted by molar-refractivity contribution is 0.0759. The summed E-state index contributed by atoms with van der Waals surface area (Å²) in [5.74, 6) is 0.676. The van der Waals surface area contributed by atoms with E-state index in [0.717, 1.165) is 45.3 Å². The van der Waals surface area contributed by atoms with Gasteiger partial charge in [-0.15, -0.1) is 0 Å². The standard InChI is InChI=1S/C14H27N3O2/c1-3-19-14(18)17-8-6-16(7-9-17)11-12(2)10-15-13-4-5-13/h12-13,15H,3-11H2,1-2H3. The SMILES string of the molecule is CCOC(=O)N1CCN(CC(C)CNC2CC2)CC1. The minimum absolute atomic E-state index is 0.161. The van der Waals surface area contributed by atoms with Crippen LogP contribution in [0.4, 0.5) is 4.79 Å². The van der Waals surface area contributed by atoms with Crippen molar-refractivity contribution in [2.45, 2.75) is 32.7 Å². The summed E-state index contributed by atoms with van der Waals surface area (Å²) < 4.78 is 5.03. The monoisotopic (exact) mass is 269 g/mol. The first-order chi connectivity index (χ1) is 9.19. The Kier molecular flexibility index (Phi) is 5.45. The van der Waals surface area contributed by atoms with Crippen LogP contribution in [0.1, 0.15) is 26.7 Å². The van der Waals surface area contributed by atoms with Crippen molar-refractivity contribution >= 4 is 6.09 Å². The molecular formula is C14H27N3O2. The molecule has 19 heavy (non-hydrogen) atoms. The zero-order valence-electron chi connectivity index (χ0n) is 12.2. The number of carbonyl (C=O) groups is 1. The smallest absolute Gasteiger partial charge is 0.409 e. The molecule has 5 nitrogen and oxygen atoms in total. The van der Waals surface area contributed by atoms with Gasteiger partial charge < -0.3 is 15.0 Å². The highest BCUT2D eigenvalue weighted by atomic mass is 16.6. The van der Waals surface area contributed by atoms with Crippen LogP contribution in [-0.2, 0) is 4.74 Å². The average Bonchev–Trinajstić information content (AvgIpc) is 3.21. The molecule has 1 saturated heterocycles. The maximum atomic E-state index is 11.6. The van der Waals surface area contributed by atoms with E-state index in [1.54, 1.807) is 0 Å². The third kappa shape index (κ3) is 4.99. The van der Waals surface area contributed by atoms with Gasteiger partial charge in [0.15, 0.2) is 0 Å². The van der Waals surface area contributed by atoms with Gasteiger partial charge in [0.25, 0.3) is 0 Å². The number of nitrogens with one attached hydrogen (secondary N) is 1. The number of piperazine rings is 1. The Labute approximate surface area is 116 Å². The molecule has 1 N–H and O–H groups in total. The number of amides is 1. The van der Waals surface area contributed by atoms with E-state index in [2.05, 4.69) is 17.1 Å². The highest BCUT2D eigenvalue weighted by Gasteiger charge is 2.24. The van der Waals surface area contributed by atoms with Crippen LogP contribution in [0.3, 0.4) is 0 Å². The Balaban J connectivity index is 1.60. The van der Waals surface area contributed by atoms with Crippen LogP contribution in [0.5, 0.6) is 0 Å². The quantitative estimate of drug-likeness (QED) is 0.785. The summed E-state index contributed by atoms with van der Waals surface area (Å²) >= 11 is 0. The fourth-order valence-corrected chi connectivity index (χ4v) is 2.49. The molecule has 5 heteroatoms. The van der Waals surface area contributed by atoms with Gasteiger partial charge in [-0.2, -0.15) is 0 Å². The summed E-state index contributed by atoms with van der Waals surface area (Å²) in [6.07, 6.45) is 2.54. The maximum Gasteiger partial charge on any atom is 0.409 e. The predicted octanol–water partition coefficient (Wildman–Crippen LogP) is 1.15. The Morgan fingerprint density at radius 1 is 1.32 bits per heavy atom. The Morgan fingerprint density at radius 2 is 2.00 bits per heavy atom. The molecule has 0 aromatic heterocycles. The Bertz CT molecular complexity index is 286. The van der Waals surface area contributed by atoms with E-state index in [0.29, 0.717) is 12.5 Å². The third-order valence-electron chi connectivity index (χ3n) is 3.80. The molecule has 1 unspecified atom stereocenters. The summed E-state index contributed by atoms with van der Waals surface area (Å²) in [6.45, 7) is 10.4. The van der Waals surface area contributed by atoms with Gasteiger partial charge in [-0.05, 0) is 32.2 Å². The van der Waals surface area contributed by atoms with Gasteiger partial charge in [0, 0.05) is 38.8 Å². The van der Waals surface area contributed by atoms with Gasteiger partial charge in [-0.25, -0.2) is 4.79 Å². The van der Waals surface area contributed by atoms with Crippen LogP contribution in [0.2, 0.25) is 0 Å². The molecule has 2 fully saturated rings.